The SMILES string of the molecule is N#Cc1ccc(C=CC(=O)NCC(O)C2CC2)cc1. The Kier molecular flexibility index (Phi) is 4.32. The number of carbonyl (C=O) groups excluding carboxylic acids is 1. The molecule has 0 aliphatic heterocycles. The zero-order chi connectivity index (χ0) is 13.7. The van der Waals surface area contributed by atoms with Gasteiger partial charge >= 0.3 is 0 Å². The minimum atomic E-state index is -0.424. The summed E-state index contributed by atoms with van der Waals surface area (Å²) in [6.07, 6.45) is 4.80. The van der Waals surface area contributed by atoms with Gasteiger partial charge in [-0.1, -0.05) is 12.1 Å². The number of nitriles is 1. The monoisotopic (exact) mass is 256 g/mol. The molecule has 1 aromatic carbocycles. The summed E-state index contributed by atoms with van der Waals surface area (Å²) in [6, 6.07) is 9.00. The highest BCUT2D eigenvalue weighted by Crippen LogP contribution is 2.32. The van der Waals surface area contributed by atoms with E-state index in [2.05, 4.69) is 5.32 Å². The number of hydrogen-bond donors (Lipinski definition) is 2. The van der Waals surface area contributed by atoms with E-state index in [4.69, 9.17) is 5.26 Å². The molecule has 19 heavy (non-hydrogen) atoms. The van der Waals surface area contributed by atoms with Crippen molar-refractivity contribution in [1.29, 1.82) is 5.26 Å². The minimum absolute atomic E-state index is 0.218. The maximum absolute atomic E-state index is 11.5. The normalized spacial score (nSPS) is 16.0. The predicted octanol–water partition coefficient (Wildman–Crippen LogP) is 1.46. The van der Waals surface area contributed by atoms with Crippen molar-refractivity contribution in [3.05, 3.63) is 41.5 Å². The molecule has 1 atom stereocenters. The van der Waals surface area contributed by atoms with E-state index < -0.39 is 6.10 Å². The molecule has 0 aromatic heterocycles. The van der Waals surface area contributed by atoms with Crippen molar-refractivity contribution in [2.24, 2.45) is 5.92 Å². The Labute approximate surface area is 112 Å². The van der Waals surface area contributed by atoms with Crippen molar-refractivity contribution < 1.29 is 9.90 Å². The molecule has 1 amide bonds. The van der Waals surface area contributed by atoms with Gasteiger partial charge in [-0.25, -0.2) is 0 Å². The summed E-state index contributed by atoms with van der Waals surface area (Å²) in [5.41, 5.74) is 1.45. The second-order valence-electron chi connectivity index (χ2n) is 4.72. The molecule has 1 aliphatic carbocycles. The lowest BCUT2D eigenvalue weighted by Crippen LogP contribution is -2.31. The van der Waals surface area contributed by atoms with Gasteiger partial charge in [0.2, 0.25) is 5.91 Å². The van der Waals surface area contributed by atoms with E-state index in [-0.39, 0.29) is 5.91 Å². The van der Waals surface area contributed by atoms with E-state index in [1.165, 1.54) is 6.08 Å². The molecule has 1 fully saturated rings. The van der Waals surface area contributed by atoms with Crippen LogP contribution in [0.3, 0.4) is 0 Å². The van der Waals surface area contributed by atoms with E-state index in [1.807, 2.05) is 6.07 Å². The molecule has 98 valence electrons. The molecule has 0 bridgehead atoms. The standard InChI is InChI=1S/C15H16N2O2/c16-9-12-3-1-11(2-4-12)5-8-15(19)17-10-14(18)13-6-7-13/h1-5,8,13-14,18H,6-7,10H2,(H,17,19). The van der Waals surface area contributed by atoms with E-state index in [9.17, 15) is 9.90 Å². The second-order valence-corrected chi connectivity index (χ2v) is 4.72. The van der Waals surface area contributed by atoms with Crippen LogP contribution in [0.15, 0.2) is 30.3 Å². The van der Waals surface area contributed by atoms with Crippen molar-refractivity contribution in [2.75, 3.05) is 6.54 Å². The number of nitrogens with zero attached hydrogens (tertiary/aromatic N) is 1. The maximum atomic E-state index is 11.5. The lowest BCUT2D eigenvalue weighted by Gasteiger charge is -2.08. The predicted molar refractivity (Wildman–Crippen MR) is 71.9 cm³/mol. The van der Waals surface area contributed by atoms with Gasteiger partial charge < -0.3 is 10.4 Å². The Balaban J connectivity index is 1.80. The Morgan fingerprint density at radius 1 is 1.47 bits per heavy atom. The van der Waals surface area contributed by atoms with Gasteiger partial charge in [0.05, 0.1) is 17.7 Å². The zero-order valence-electron chi connectivity index (χ0n) is 10.5. The van der Waals surface area contributed by atoms with Gasteiger partial charge in [-0.15, -0.1) is 0 Å². The van der Waals surface area contributed by atoms with Crippen LogP contribution in [0.1, 0.15) is 24.0 Å². The fourth-order valence-electron chi connectivity index (χ4n) is 1.75. The number of aliphatic hydroxyl groups excluding tert-OH is 1. The van der Waals surface area contributed by atoms with Gasteiger partial charge in [-0.2, -0.15) is 5.26 Å². The fourth-order valence-corrected chi connectivity index (χ4v) is 1.75. The first-order chi connectivity index (χ1) is 9.19. The van der Waals surface area contributed by atoms with Crippen molar-refractivity contribution in [2.45, 2.75) is 18.9 Å². The largest absolute Gasteiger partial charge is 0.391 e. The van der Waals surface area contributed by atoms with Crippen LogP contribution in [0.5, 0.6) is 0 Å². The van der Waals surface area contributed by atoms with Crippen molar-refractivity contribution in [3.8, 4) is 6.07 Å². The van der Waals surface area contributed by atoms with E-state index in [0.717, 1.165) is 18.4 Å². The first kappa shape index (κ1) is 13.3. The molecule has 2 rings (SSSR count). The van der Waals surface area contributed by atoms with Crippen LogP contribution in [-0.4, -0.2) is 23.7 Å². The van der Waals surface area contributed by atoms with E-state index in [1.54, 1.807) is 30.3 Å². The highest BCUT2D eigenvalue weighted by Gasteiger charge is 2.29. The lowest BCUT2D eigenvalue weighted by molar-refractivity contribution is -0.116. The quantitative estimate of drug-likeness (QED) is 0.783. The second kappa shape index (κ2) is 6.17. The molecular weight excluding hydrogens is 240 g/mol. The molecule has 0 radical (unpaired) electrons. The van der Waals surface area contributed by atoms with Crippen LogP contribution < -0.4 is 5.32 Å². The van der Waals surface area contributed by atoms with Crippen LogP contribution in [0.4, 0.5) is 0 Å². The fraction of sp³-hybridized carbons (Fsp3) is 0.333. The molecular formula is C15H16N2O2. The van der Waals surface area contributed by atoms with Crippen LogP contribution in [0.25, 0.3) is 6.08 Å². The number of amides is 1. The first-order valence-corrected chi connectivity index (χ1v) is 6.33. The average Bonchev–Trinajstić information content (AvgIpc) is 3.27. The molecule has 0 saturated heterocycles. The van der Waals surface area contributed by atoms with Crippen molar-refractivity contribution in [3.63, 3.8) is 0 Å². The molecule has 4 nitrogen and oxygen atoms in total. The third-order valence-electron chi connectivity index (χ3n) is 3.12. The number of carbonyl (C=O) groups is 1. The summed E-state index contributed by atoms with van der Waals surface area (Å²) in [6.45, 7) is 0.307. The number of aliphatic hydroxyl groups is 1. The summed E-state index contributed by atoms with van der Waals surface area (Å²) >= 11 is 0. The Hall–Kier alpha value is -2.12. The lowest BCUT2D eigenvalue weighted by atomic mass is 10.1. The van der Waals surface area contributed by atoms with Gasteiger partial charge in [-0.3, -0.25) is 4.79 Å². The van der Waals surface area contributed by atoms with Crippen LogP contribution in [0, 0.1) is 17.2 Å². The van der Waals surface area contributed by atoms with Gasteiger partial charge in [0.15, 0.2) is 0 Å². The Bertz CT molecular complexity index is 510. The number of nitrogens with one attached hydrogen (secondary N) is 1. The van der Waals surface area contributed by atoms with Crippen LogP contribution in [-0.2, 0) is 4.79 Å². The number of benzene rings is 1. The van der Waals surface area contributed by atoms with Crippen LogP contribution >= 0.6 is 0 Å². The first-order valence-electron chi connectivity index (χ1n) is 6.33. The maximum Gasteiger partial charge on any atom is 0.244 e. The Morgan fingerprint density at radius 3 is 2.74 bits per heavy atom. The summed E-state index contributed by atoms with van der Waals surface area (Å²) in [5, 5.41) is 20.9. The third kappa shape index (κ3) is 4.23. The smallest absolute Gasteiger partial charge is 0.244 e. The van der Waals surface area contributed by atoms with Crippen LogP contribution in [0.2, 0.25) is 0 Å². The van der Waals surface area contributed by atoms with Crippen molar-refractivity contribution >= 4 is 12.0 Å². The molecule has 0 heterocycles. The molecule has 1 aliphatic rings. The molecule has 1 aromatic rings. The molecule has 4 heteroatoms. The molecule has 1 unspecified atom stereocenters. The van der Waals surface area contributed by atoms with Gasteiger partial charge in [0.1, 0.15) is 0 Å². The molecule has 2 N–H and O–H groups in total. The zero-order valence-corrected chi connectivity index (χ0v) is 10.5. The highest BCUT2D eigenvalue weighted by atomic mass is 16.3. The number of hydrogen-bond acceptors (Lipinski definition) is 3. The summed E-state index contributed by atoms with van der Waals surface area (Å²) in [7, 11) is 0. The third-order valence-corrected chi connectivity index (χ3v) is 3.12. The summed E-state index contributed by atoms with van der Waals surface area (Å²) in [5.74, 6) is 0.145. The van der Waals surface area contributed by atoms with Gasteiger partial charge in [0.25, 0.3) is 0 Å². The average molecular weight is 256 g/mol. The molecule has 0 spiro atoms. The Morgan fingerprint density at radius 2 is 2.16 bits per heavy atom. The highest BCUT2D eigenvalue weighted by molar-refractivity contribution is 5.91. The van der Waals surface area contributed by atoms with E-state index in [0.29, 0.717) is 18.0 Å². The summed E-state index contributed by atoms with van der Waals surface area (Å²) < 4.78 is 0. The van der Waals surface area contributed by atoms with Gasteiger partial charge in [-0.05, 0) is 42.5 Å². The van der Waals surface area contributed by atoms with E-state index >= 15 is 0 Å². The van der Waals surface area contributed by atoms with Crippen molar-refractivity contribution in [1.82, 2.24) is 5.32 Å². The summed E-state index contributed by atoms with van der Waals surface area (Å²) in [4.78, 5) is 11.5. The molecule has 1 saturated carbocycles. The minimum Gasteiger partial charge on any atom is -0.391 e. The topological polar surface area (TPSA) is 73.1 Å². The van der Waals surface area contributed by atoms with Gasteiger partial charge in [0, 0.05) is 12.6 Å². The number of rotatable bonds is 5.